The van der Waals surface area contributed by atoms with Crippen LogP contribution in [0.1, 0.15) is 5.56 Å². The van der Waals surface area contributed by atoms with Crippen molar-refractivity contribution in [2.75, 3.05) is 37.1 Å². The van der Waals surface area contributed by atoms with Crippen LogP contribution in [0.2, 0.25) is 0 Å². The van der Waals surface area contributed by atoms with Crippen LogP contribution in [0.15, 0.2) is 71.2 Å². The van der Waals surface area contributed by atoms with Crippen molar-refractivity contribution in [3.63, 3.8) is 0 Å². The highest BCUT2D eigenvalue weighted by Crippen LogP contribution is 2.38. The second-order valence-electron chi connectivity index (χ2n) is 7.06. The molecule has 0 fully saturated rings. The zero-order valence-electron chi connectivity index (χ0n) is 17.1. The Kier molecular flexibility index (Phi) is 6.62. The molecule has 0 spiro atoms. The van der Waals surface area contributed by atoms with Crippen LogP contribution in [0.3, 0.4) is 0 Å². The van der Waals surface area contributed by atoms with Crippen molar-refractivity contribution in [1.82, 2.24) is 0 Å². The van der Waals surface area contributed by atoms with Crippen molar-refractivity contribution in [2.45, 2.75) is 6.54 Å². The predicted molar refractivity (Wildman–Crippen MR) is 124 cm³/mol. The second-order valence-corrected chi connectivity index (χ2v) is 7.92. The largest absolute Gasteiger partial charge is 0.497 e. The van der Waals surface area contributed by atoms with Gasteiger partial charge in [0, 0.05) is 28.8 Å². The number of rotatable bonds is 7. The Labute approximate surface area is 189 Å². The SMILES string of the molecule is COc1ccc(N(CC(=O)Nc2cc3c(cc2Br)OCCO3)Cc2ccccc2)cc1. The lowest BCUT2D eigenvalue weighted by Gasteiger charge is -2.25. The molecule has 1 N–H and O–H groups in total. The number of nitrogens with zero attached hydrogens (tertiary/aromatic N) is 1. The van der Waals surface area contributed by atoms with E-state index in [2.05, 4.69) is 21.2 Å². The summed E-state index contributed by atoms with van der Waals surface area (Å²) in [7, 11) is 1.63. The number of benzene rings is 3. The molecule has 3 aromatic rings. The molecule has 0 aliphatic carbocycles. The topological polar surface area (TPSA) is 60.0 Å². The molecule has 0 unspecified atom stereocenters. The first kappa shape index (κ1) is 21.1. The highest BCUT2D eigenvalue weighted by Gasteiger charge is 2.18. The first-order chi connectivity index (χ1) is 15.1. The summed E-state index contributed by atoms with van der Waals surface area (Å²) in [5.41, 5.74) is 2.69. The van der Waals surface area contributed by atoms with E-state index in [1.54, 1.807) is 13.2 Å². The molecule has 1 heterocycles. The summed E-state index contributed by atoms with van der Waals surface area (Å²) in [5, 5.41) is 2.98. The number of hydrogen-bond donors (Lipinski definition) is 1. The molecule has 3 aromatic carbocycles. The number of nitrogens with one attached hydrogen (secondary N) is 1. The van der Waals surface area contributed by atoms with E-state index >= 15 is 0 Å². The van der Waals surface area contributed by atoms with Crippen LogP contribution in [0.5, 0.6) is 17.2 Å². The summed E-state index contributed by atoms with van der Waals surface area (Å²) in [6.45, 7) is 1.79. The minimum atomic E-state index is -0.135. The van der Waals surface area contributed by atoms with Crippen LogP contribution in [-0.2, 0) is 11.3 Å². The molecule has 0 saturated heterocycles. The van der Waals surface area contributed by atoms with Crippen LogP contribution in [-0.4, -0.2) is 32.8 Å². The van der Waals surface area contributed by atoms with Crippen LogP contribution < -0.4 is 24.4 Å². The summed E-state index contributed by atoms with van der Waals surface area (Å²) in [6, 6.07) is 21.4. The van der Waals surface area contributed by atoms with E-state index in [1.165, 1.54) is 0 Å². The molecule has 0 radical (unpaired) electrons. The van der Waals surface area contributed by atoms with E-state index in [0.717, 1.165) is 21.5 Å². The van der Waals surface area contributed by atoms with Gasteiger partial charge in [0.25, 0.3) is 0 Å². The Hall–Kier alpha value is -3.19. The Morgan fingerprint density at radius 3 is 2.39 bits per heavy atom. The molecule has 0 atom stereocenters. The maximum atomic E-state index is 13.0. The Bertz CT molecular complexity index is 1040. The van der Waals surface area contributed by atoms with Gasteiger partial charge in [-0.2, -0.15) is 0 Å². The number of amides is 1. The van der Waals surface area contributed by atoms with Gasteiger partial charge in [-0.3, -0.25) is 4.79 Å². The standard InChI is InChI=1S/C24H23BrN2O4/c1-29-19-9-7-18(8-10-19)27(15-17-5-3-2-4-6-17)16-24(28)26-21-14-23-22(13-20(21)25)30-11-12-31-23/h2-10,13-14H,11-12,15-16H2,1H3,(H,26,28). The first-order valence-corrected chi connectivity index (χ1v) is 10.7. The van der Waals surface area contributed by atoms with Gasteiger partial charge in [0.15, 0.2) is 11.5 Å². The number of ether oxygens (including phenoxy) is 3. The summed E-state index contributed by atoms with van der Waals surface area (Å²) >= 11 is 3.51. The van der Waals surface area contributed by atoms with Crippen molar-refractivity contribution in [2.24, 2.45) is 0 Å². The van der Waals surface area contributed by atoms with Crippen molar-refractivity contribution in [1.29, 1.82) is 0 Å². The lowest BCUT2D eigenvalue weighted by Crippen LogP contribution is -2.33. The molecule has 1 amide bonds. The maximum Gasteiger partial charge on any atom is 0.243 e. The van der Waals surface area contributed by atoms with Gasteiger partial charge in [-0.15, -0.1) is 0 Å². The third-order valence-electron chi connectivity index (χ3n) is 4.89. The minimum absolute atomic E-state index is 0.135. The molecule has 7 heteroatoms. The average Bonchev–Trinajstić information content (AvgIpc) is 2.80. The van der Waals surface area contributed by atoms with Gasteiger partial charge in [0.2, 0.25) is 5.91 Å². The van der Waals surface area contributed by atoms with Gasteiger partial charge >= 0.3 is 0 Å². The molecule has 6 nitrogen and oxygen atoms in total. The van der Waals surface area contributed by atoms with Crippen LogP contribution in [0.25, 0.3) is 0 Å². The van der Waals surface area contributed by atoms with Gasteiger partial charge < -0.3 is 24.4 Å². The van der Waals surface area contributed by atoms with Crippen molar-refractivity contribution < 1.29 is 19.0 Å². The molecule has 0 saturated carbocycles. The Balaban J connectivity index is 1.52. The van der Waals surface area contributed by atoms with Crippen LogP contribution in [0.4, 0.5) is 11.4 Å². The van der Waals surface area contributed by atoms with E-state index in [0.29, 0.717) is 36.9 Å². The number of carbonyl (C=O) groups is 1. The summed E-state index contributed by atoms with van der Waals surface area (Å²) in [6.07, 6.45) is 0. The summed E-state index contributed by atoms with van der Waals surface area (Å²) < 4.78 is 17.2. The Morgan fingerprint density at radius 2 is 1.71 bits per heavy atom. The second kappa shape index (κ2) is 9.75. The minimum Gasteiger partial charge on any atom is -0.497 e. The fourth-order valence-corrected chi connectivity index (χ4v) is 3.78. The van der Waals surface area contributed by atoms with Gasteiger partial charge in [0.1, 0.15) is 19.0 Å². The molecule has 0 bridgehead atoms. The average molecular weight is 483 g/mol. The third-order valence-corrected chi connectivity index (χ3v) is 5.55. The highest BCUT2D eigenvalue weighted by molar-refractivity contribution is 9.10. The molecule has 1 aliphatic heterocycles. The molecular weight excluding hydrogens is 460 g/mol. The number of anilines is 2. The number of fused-ring (bicyclic) bond motifs is 1. The van der Waals surface area contributed by atoms with Gasteiger partial charge in [-0.05, 0) is 45.8 Å². The van der Waals surface area contributed by atoms with E-state index in [-0.39, 0.29) is 12.5 Å². The predicted octanol–water partition coefficient (Wildman–Crippen LogP) is 4.87. The van der Waals surface area contributed by atoms with Gasteiger partial charge in [-0.1, -0.05) is 30.3 Å². The molecule has 0 aromatic heterocycles. The molecule has 31 heavy (non-hydrogen) atoms. The van der Waals surface area contributed by atoms with Crippen LogP contribution in [0, 0.1) is 0 Å². The van der Waals surface area contributed by atoms with E-state index in [9.17, 15) is 4.79 Å². The smallest absolute Gasteiger partial charge is 0.243 e. The quantitative estimate of drug-likeness (QED) is 0.520. The fourth-order valence-electron chi connectivity index (χ4n) is 3.36. The number of hydrogen-bond acceptors (Lipinski definition) is 5. The third kappa shape index (κ3) is 5.30. The highest BCUT2D eigenvalue weighted by atomic mass is 79.9. The zero-order chi connectivity index (χ0) is 21.6. The molecular formula is C24H23BrN2O4. The fraction of sp³-hybridized carbons (Fsp3) is 0.208. The number of halogens is 1. The summed E-state index contributed by atoms with van der Waals surface area (Å²) in [5.74, 6) is 1.93. The van der Waals surface area contributed by atoms with Gasteiger partial charge in [0.05, 0.1) is 19.3 Å². The van der Waals surface area contributed by atoms with Crippen molar-refractivity contribution in [3.8, 4) is 17.2 Å². The maximum absolute atomic E-state index is 13.0. The molecule has 160 valence electrons. The van der Waals surface area contributed by atoms with Gasteiger partial charge in [-0.25, -0.2) is 0 Å². The van der Waals surface area contributed by atoms with E-state index in [4.69, 9.17) is 14.2 Å². The molecule has 1 aliphatic rings. The zero-order valence-corrected chi connectivity index (χ0v) is 18.7. The number of carbonyl (C=O) groups excluding carboxylic acids is 1. The normalized spacial score (nSPS) is 12.2. The lowest BCUT2D eigenvalue weighted by atomic mass is 10.2. The van der Waals surface area contributed by atoms with Crippen LogP contribution >= 0.6 is 15.9 Å². The van der Waals surface area contributed by atoms with Crippen molar-refractivity contribution in [3.05, 3.63) is 76.8 Å². The molecule has 4 rings (SSSR count). The summed E-state index contributed by atoms with van der Waals surface area (Å²) in [4.78, 5) is 15.0. The Morgan fingerprint density at radius 1 is 1.03 bits per heavy atom. The lowest BCUT2D eigenvalue weighted by molar-refractivity contribution is -0.115. The van der Waals surface area contributed by atoms with E-state index in [1.807, 2.05) is 65.6 Å². The first-order valence-electron chi connectivity index (χ1n) is 9.94. The number of methoxy groups -OCH3 is 1. The van der Waals surface area contributed by atoms with Crippen molar-refractivity contribution >= 4 is 33.2 Å². The monoisotopic (exact) mass is 482 g/mol. The van der Waals surface area contributed by atoms with E-state index < -0.39 is 0 Å².